The zero-order valence-corrected chi connectivity index (χ0v) is 12.7. The third-order valence-corrected chi connectivity index (χ3v) is 4.91. The summed E-state index contributed by atoms with van der Waals surface area (Å²) in [7, 11) is 1.63. The molecule has 0 N–H and O–H groups in total. The summed E-state index contributed by atoms with van der Waals surface area (Å²) in [4.78, 5) is 15.0. The molecule has 1 atom stereocenters. The van der Waals surface area contributed by atoms with Crippen LogP contribution < -0.4 is 15.1 Å². The maximum Gasteiger partial charge on any atom is 0.211 e. The van der Waals surface area contributed by atoms with E-state index in [0.29, 0.717) is 5.92 Å². The highest BCUT2D eigenvalue weighted by molar-refractivity contribution is 7.16. The molecule has 3 rings (SSSR count). The fraction of sp³-hybridized carbons (Fsp3) is 0.438. The van der Waals surface area contributed by atoms with Crippen molar-refractivity contribution in [1.82, 2.24) is 0 Å². The van der Waals surface area contributed by atoms with Crippen LogP contribution in [0.3, 0.4) is 0 Å². The summed E-state index contributed by atoms with van der Waals surface area (Å²) in [6.07, 6.45) is 2.43. The second kappa shape index (κ2) is 5.44. The Hall–Kier alpha value is -1.55. The number of hydrogen-bond donors (Lipinski definition) is 0. The van der Waals surface area contributed by atoms with Crippen molar-refractivity contribution in [1.29, 1.82) is 0 Å². The van der Waals surface area contributed by atoms with Crippen molar-refractivity contribution in [2.24, 2.45) is 5.92 Å². The molecular weight excluding hydrogens is 270 g/mol. The van der Waals surface area contributed by atoms with Gasteiger partial charge in [0, 0.05) is 28.6 Å². The summed E-state index contributed by atoms with van der Waals surface area (Å²) >= 11 is 1.63. The van der Waals surface area contributed by atoms with Gasteiger partial charge in [0.25, 0.3) is 0 Å². The maximum atomic E-state index is 12.7. The smallest absolute Gasteiger partial charge is 0.211 e. The standard InChI is InChI=1S/C16H19NO2S/c1-11-4-3-7-17(9-11)14-10-20-15-6-5-12(19-2)8-13(15)16(14)18/h5-6,8,10-11H,3-4,7,9H2,1-2H3. The van der Waals surface area contributed by atoms with Crippen LogP contribution in [0.1, 0.15) is 19.8 Å². The van der Waals surface area contributed by atoms with Crippen molar-refractivity contribution in [3.63, 3.8) is 0 Å². The maximum absolute atomic E-state index is 12.7. The molecule has 1 fully saturated rings. The number of ether oxygens (including phenoxy) is 1. The van der Waals surface area contributed by atoms with Crippen molar-refractivity contribution in [3.05, 3.63) is 33.8 Å². The van der Waals surface area contributed by atoms with E-state index in [2.05, 4.69) is 11.8 Å². The number of nitrogens with zero attached hydrogens (tertiary/aromatic N) is 1. The molecule has 1 aliphatic rings. The van der Waals surface area contributed by atoms with Gasteiger partial charge in [-0.3, -0.25) is 4.79 Å². The van der Waals surface area contributed by atoms with Crippen LogP contribution in [0.5, 0.6) is 5.75 Å². The van der Waals surface area contributed by atoms with Gasteiger partial charge in [-0.15, -0.1) is 11.3 Å². The van der Waals surface area contributed by atoms with Gasteiger partial charge >= 0.3 is 0 Å². The van der Waals surface area contributed by atoms with Crippen molar-refractivity contribution in [2.45, 2.75) is 19.8 Å². The van der Waals surface area contributed by atoms with E-state index in [1.54, 1.807) is 18.4 Å². The Morgan fingerprint density at radius 3 is 3.00 bits per heavy atom. The van der Waals surface area contributed by atoms with Gasteiger partial charge in [0.15, 0.2) is 0 Å². The Labute approximate surface area is 122 Å². The zero-order chi connectivity index (χ0) is 14.1. The van der Waals surface area contributed by atoms with Gasteiger partial charge in [-0.1, -0.05) is 6.92 Å². The van der Waals surface area contributed by atoms with Crippen LogP contribution >= 0.6 is 11.3 Å². The van der Waals surface area contributed by atoms with Crippen molar-refractivity contribution >= 4 is 27.1 Å². The number of fused-ring (bicyclic) bond motifs is 1. The van der Waals surface area contributed by atoms with Gasteiger partial charge in [0.2, 0.25) is 5.43 Å². The van der Waals surface area contributed by atoms with Crippen molar-refractivity contribution in [2.75, 3.05) is 25.1 Å². The minimum atomic E-state index is 0.131. The molecule has 20 heavy (non-hydrogen) atoms. The van der Waals surface area contributed by atoms with Crippen LogP contribution in [0.2, 0.25) is 0 Å². The van der Waals surface area contributed by atoms with E-state index in [1.165, 1.54) is 12.8 Å². The highest BCUT2D eigenvalue weighted by Crippen LogP contribution is 2.27. The lowest BCUT2D eigenvalue weighted by atomic mass is 10.00. The minimum absolute atomic E-state index is 0.131. The van der Waals surface area contributed by atoms with Crippen LogP contribution in [0.4, 0.5) is 5.69 Å². The summed E-state index contributed by atoms with van der Waals surface area (Å²) in [6, 6.07) is 5.72. The Balaban J connectivity index is 2.08. The predicted octanol–water partition coefficient (Wildman–Crippen LogP) is 3.51. The Morgan fingerprint density at radius 1 is 1.40 bits per heavy atom. The molecule has 0 aliphatic carbocycles. The van der Waals surface area contributed by atoms with Crippen molar-refractivity contribution < 1.29 is 4.74 Å². The SMILES string of the molecule is COc1ccc2scc(N3CCCC(C)C3)c(=O)c2c1. The molecule has 1 unspecified atom stereocenters. The van der Waals surface area contributed by atoms with E-state index in [9.17, 15) is 4.79 Å². The van der Waals surface area contributed by atoms with E-state index in [-0.39, 0.29) is 5.43 Å². The van der Waals surface area contributed by atoms with Gasteiger partial charge in [0.05, 0.1) is 12.8 Å². The van der Waals surface area contributed by atoms with Gasteiger partial charge in [0.1, 0.15) is 5.75 Å². The Kier molecular flexibility index (Phi) is 3.66. The average Bonchev–Trinajstić information content (AvgIpc) is 2.47. The monoisotopic (exact) mass is 289 g/mol. The molecule has 0 spiro atoms. The predicted molar refractivity (Wildman–Crippen MR) is 85.3 cm³/mol. The van der Waals surface area contributed by atoms with E-state index in [1.807, 2.05) is 23.6 Å². The van der Waals surface area contributed by atoms with Crippen LogP contribution in [-0.4, -0.2) is 20.2 Å². The molecule has 106 valence electrons. The molecule has 0 saturated carbocycles. The molecule has 1 aliphatic heterocycles. The van der Waals surface area contributed by atoms with Crippen LogP contribution in [0.15, 0.2) is 28.4 Å². The number of benzene rings is 1. The molecule has 0 bridgehead atoms. The first-order valence-corrected chi connectivity index (χ1v) is 7.91. The van der Waals surface area contributed by atoms with E-state index in [0.717, 1.165) is 34.6 Å². The van der Waals surface area contributed by atoms with E-state index < -0.39 is 0 Å². The van der Waals surface area contributed by atoms with Gasteiger partial charge < -0.3 is 9.64 Å². The summed E-state index contributed by atoms with van der Waals surface area (Å²) in [6.45, 7) is 4.23. The molecule has 1 aromatic heterocycles. The summed E-state index contributed by atoms with van der Waals surface area (Å²) in [5.74, 6) is 1.40. The average molecular weight is 289 g/mol. The third-order valence-electron chi connectivity index (χ3n) is 3.96. The minimum Gasteiger partial charge on any atom is -0.497 e. The lowest BCUT2D eigenvalue weighted by Gasteiger charge is -2.32. The number of piperidine rings is 1. The first kappa shape index (κ1) is 13.4. The Bertz CT molecular complexity index is 680. The number of rotatable bonds is 2. The van der Waals surface area contributed by atoms with Crippen LogP contribution in [-0.2, 0) is 0 Å². The lowest BCUT2D eigenvalue weighted by molar-refractivity contribution is 0.415. The molecule has 0 radical (unpaired) electrons. The van der Waals surface area contributed by atoms with E-state index >= 15 is 0 Å². The lowest BCUT2D eigenvalue weighted by Crippen LogP contribution is -2.36. The topological polar surface area (TPSA) is 29.5 Å². The van der Waals surface area contributed by atoms with Crippen molar-refractivity contribution in [3.8, 4) is 5.75 Å². The highest BCUT2D eigenvalue weighted by Gasteiger charge is 2.19. The molecule has 1 aromatic carbocycles. The second-order valence-corrected chi connectivity index (χ2v) is 6.42. The van der Waals surface area contributed by atoms with Gasteiger partial charge in [-0.25, -0.2) is 0 Å². The molecule has 0 amide bonds. The van der Waals surface area contributed by atoms with Gasteiger partial charge in [-0.2, -0.15) is 0 Å². The largest absolute Gasteiger partial charge is 0.497 e. The second-order valence-electron chi connectivity index (χ2n) is 5.51. The fourth-order valence-electron chi connectivity index (χ4n) is 2.85. The summed E-state index contributed by atoms with van der Waals surface area (Å²) in [5.41, 5.74) is 0.981. The molecule has 2 aromatic rings. The highest BCUT2D eigenvalue weighted by atomic mass is 32.1. The Morgan fingerprint density at radius 2 is 2.25 bits per heavy atom. The zero-order valence-electron chi connectivity index (χ0n) is 11.9. The van der Waals surface area contributed by atoms with Crippen LogP contribution in [0, 0.1) is 5.92 Å². The summed E-state index contributed by atoms with van der Waals surface area (Å²) < 4.78 is 6.25. The quantitative estimate of drug-likeness (QED) is 0.847. The number of methoxy groups -OCH3 is 1. The normalized spacial score (nSPS) is 19.3. The molecular formula is C16H19NO2S. The first-order chi connectivity index (χ1) is 9.69. The fourth-order valence-corrected chi connectivity index (χ4v) is 3.77. The third kappa shape index (κ3) is 2.40. The van der Waals surface area contributed by atoms with Gasteiger partial charge in [-0.05, 0) is 37.0 Å². The molecule has 4 heteroatoms. The number of hydrogen-bond acceptors (Lipinski definition) is 4. The molecule has 3 nitrogen and oxygen atoms in total. The first-order valence-electron chi connectivity index (χ1n) is 7.03. The van der Waals surface area contributed by atoms with Crippen LogP contribution in [0.25, 0.3) is 10.1 Å². The molecule has 2 heterocycles. The number of anilines is 1. The summed E-state index contributed by atoms with van der Waals surface area (Å²) in [5, 5.41) is 2.78. The molecule has 1 saturated heterocycles. The van der Waals surface area contributed by atoms with E-state index in [4.69, 9.17) is 4.74 Å².